The summed E-state index contributed by atoms with van der Waals surface area (Å²) in [5.74, 6) is -2.22. The van der Waals surface area contributed by atoms with Crippen molar-refractivity contribution in [3.63, 3.8) is 0 Å². The Hall–Kier alpha value is -5.42. The molecule has 0 unspecified atom stereocenters. The smallest absolute Gasteiger partial charge is 0.344 e. The summed E-state index contributed by atoms with van der Waals surface area (Å²) in [7, 11) is 1.42. The summed E-state index contributed by atoms with van der Waals surface area (Å²) in [6, 6.07) is 25.0. The highest BCUT2D eigenvalue weighted by molar-refractivity contribution is 6.12. The van der Waals surface area contributed by atoms with Crippen molar-refractivity contribution < 1.29 is 29.0 Å². The van der Waals surface area contributed by atoms with Crippen LogP contribution in [0, 0.1) is 11.3 Å². The number of carbonyl (C=O) groups excluding carboxylic acids is 2. The van der Waals surface area contributed by atoms with Crippen LogP contribution in [0.4, 0.5) is 5.69 Å². The lowest BCUT2D eigenvalue weighted by Gasteiger charge is -2.12. The molecule has 37 heavy (non-hydrogen) atoms. The summed E-state index contributed by atoms with van der Waals surface area (Å²) >= 11 is 0. The standard InChI is InChI=1S/C29H20N2O6/c1-36-25-14-13-18(15-20(17-30)27(32)31-24-12-5-4-10-23(24)28(33)34)16-26(25)37-29(35)22-11-6-8-19-7-2-3-9-21(19)22/h2-16H,1H3,(H,31,32)(H,33,34)/b20-15+. The van der Waals surface area contributed by atoms with Crippen LogP contribution in [0.5, 0.6) is 11.5 Å². The monoisotopic (exact) mass is 492 g/mol. The van der Waals surface area contributed by atoms with Crippen molar-refractivity contribution in [2.45, 2.75) is 0 Å². The number of para-hydroxylation sites is 1. The zero-order valence-electron chi connectivity index (χ0n) is 19.6. The maximum atomic E-state index is 13.0. The molecule has 0 saturated carbocycles. The summed E-state index contributed by atoms with van der Waals surface area (Å²) < 4.78 is 11.0. The van der Waals surface area contributed by atoms with Crippen LogP contribution in [0.15, 0.2) is 90.5 Å². The normalized spacial score (nSPS) is 10.9. The van der Waals surface area contributed by atoms with Gasteiger partial charge in [-0.1, -0.05) is 54.6 Å². The van der Waals surface area contributed by atoms with Gasteiger partial charge in [0.25, 0.3) is 5.91 Å². The average molecular weight is 492 g/mol. The number of nitrogens with one attached hydrogen (secondary N) is 1. The first-order chi connectivity index (χ1) is 17.9. The number of amides is 1. The first-order valence-electron chi connectivity index (χ1n) is 11.0. The minimum atomic E-state index is -1.22. The summed E-state index contributed by atoms with van der Waals surface area (Å²) in [6.07, 6.45) is 1.30. The van der Waals surface area contributed by atoms with Crippen LogP contribution in [0.3, 0.4) is 0 Å². The largest absolute Gasteiger partial charge is 0.493 e. The van der Waals surface area contributed by atoms with Crippen molar-refractivity contribution in [2.75, 3.05) is 12.4 Å². The summed E-state index contributed by atoms with van der Waals surface area (Å²) in [5, 5.41) is 23.0. The van der Waals surface area contributed by atoms with Crippen LogP contribution in [0.1, 0.15) is 26.3 Å². The highest BCUT2D eigenvalue weighted by Crippen LogP contribution is 2.31. The third-order valence-electron chi connectivity index (χ3n) is 5.48. The lowest BCUT2D eigenvalue weighted by Crippen LogP contribution is -2.16. The van der Waals surface area contributed by atoms with Gasteiger partial charge in [-0.2, -0.15) is 5.26 Å². The van der Waals surface area contributed by atoms with E-state index < -0.39 is 17.8 Å². The van der Waals surface area contributed by atoms with Gasteiger partial charge in [0.05, 0.1) is 23.9 Å². The van der Waals surface area contributed by atoms with Crippen LogP contribution >= 0.6 is 0 Å². The van der Waals surface area contributed by atoms with Crippen molar-refractivity contribution in [3.05, 3.63) is 107 Å². The summed E-state index contributed by atoms with van der Waals surface area (Å²) in [6.45, 7) is 0. The van der Waals surface area contributed by atoms with E-state index in [2.05, 4.69) is 5.32 Å². The molecule has 8 nitrogen and oxygen atoms in total. The van der Waals surface area contributed by atoms with Crippen molar-refractivity contribution in [1.29, 1.82) is 5.26 Å². The van der Waals surface area contributed by atoms with Gasteiger partial charge in [0.1, 0.15) is 11.6 Å². The number of carboxylic acid groups (broad SMARTS) is 1. The Morgan fingerprint density at radius 2 is 1.59 bits per heavy atom. The fourth-order valence-electron chi connectivity index (χ4n) is 3.70. The van der Waals surface area contributed by atoms with Gasteiger partial charge in [-0.3, -0.25) is 4.79 Å². The van der Waals surface area contributed by atoms with Crippen LogP contribution in [-0.4, -0.2) is 30.1 Å². The predicted octanol–water partition coefficient (Wildman–Crippen LogP) is 5.31. The van der Waals surface area contributed by atoms with E-state index in [9.17, 15) is 24.8 Å². The van der Waals surface area contributed by atoms with Gasteiger partial charge >= 0.3 is 11.9 Å². The van der Waals surface area contributed by atoms with E-state index in [1.807, 2.05) is 36.4 Å². The lowest BCUT2D eigenvalue weighted by molar-refractivity contribution is -0.112. The molecule has 0 heterocycles. The number of aromatic carboxylic acids is 1. The van der Waals surface area contributed by atoms with Gasteiger partial charge in [-0.05, 0) is 52.7 Å². The van der Waals surface area contributed by atoms with E-state index in [-0.39, 0.29) is 28.3 Å². The number of carboxylic acids is 1. The molecule has 0 aliphatic rings. The molecule has 0 aromatic heterocycles. The molecular weight excluding hydrogens is 472 g/mol. The topological polar surface area (TPSA) is 126 Å². The molecule has 0 spiro atoms. The minimum Gasteiger partial charge on any atom is -0.493 e. The third-order valence-corrected chi connectivity index (χ3v) is 5.48. The Kier molecular flexibility index (Phi) is 7.27. The highest BCUT2D eigenvalue weighted by atomic mass is 16.6. The molecule has 0 radical (unpaired) electrons. The average Bonchev–Trinajstić information content (AvgIpc) is 2.91. The Morgan fingerprint density at radius 3 is 2.35 bits per heavy atom. The first kappa shape index (κ1) is 24.7. The van der Waals surface area contributed by atoms with Gasteiger partial charge in [0, 0.05) is 0 Å². The van der Waals surface area contributed by atoms with Crippen LogP contribution in [0.25, 0.3) is 16.8 Å². The molecule has 0 atom stereocenters. The molecule has 0 saturated heterocycles. The second-order valence-electron chi connectivity index (χ2n) is 7.80. The molecule has 1 amide bonds. The van der Waals surface area contributed by atoms with E-state index in [0.717, 1.165) is 10.8 Å². The molecule has 8 heteroatoms. The number of rotatable bonds is 7. The molecule has 4 aromatic rings. The van der Waals surface area contributed by atoms with Gasteiger partial charge in [0.15, 0.2) is 11.5 Å². The summed E-state index contributed by atoms with van der Waals surface area (Å²) in [4.78, 5) is 37.2. The number of fused-ring (bicyclic) bond motifs is 1. The van der Waals surface area contributed by atoms with Gasteiger partial charge in [-0.25, -0.2) is 9.59 Å². The third kappa shape index (κ3) is 5.47. The van der Waals surface area contributed by atoms with Crippen LogP contribution < -0.4 is 14.8 Å². The number of hydrogen-bond donors (Lipinski definition) is 2. The highest BCUT2D eigenvalue weighted by Gasteiger charge is 2.17. The maximum absolute atomic E-state index is 13.0. The zero-order chi connectivity index (χ0) is 26.4. The predicted molar refractivity (Wildman–Crippen MR) is 138 cm³/mol. The quantitative estimate of drug-likeness (QED) is 0.155. The Bertz CT molecular complexity index is 1590. The second-order valence-corrected chi connectivity index (χ2v) is 7.80. The molecule has 0 fully saturated rings. The SMILES string of the molecule is COc1ccc(/C=C(\C#N)C(=O)Nc2ccccc2C(=O)O)cc1OC(=O)c1cccc2ccccc12. The number of hydrogen-bond acceptors (Lipinski definition) is 6. The number of anilines is 1. The number of benzene rings is 4. The number of nitrogens with zero attached hydrogens (tertiary/aromatic N) is 1. The van der Waals surface area contributed by atoms with E-state index in [1.54, 1.807) is 30.3 Å². The summed E-state index contributed by atoms with van der Waals surface area (Å²) in [5.41, 5.74) is 0.424. The fourth-order valence-corrected chi connectivity index (χ4v) is 3.70. The number of nitriles is 1. The van der Waals surface area contributed by atoms with Crippen molar-refractivity contribution in [2.24, 2.45) is 0 Å². The molecule has 182 valence electrons. The number of esters is 1. The number of methoxy groups -OCH3 is 1. The van der Waals surface area contributed by atoms with Gasteiger partial charge in [-0.15, -0.1) is 0 Å². The molecule has 0 aliphatic heterocycles. The molecule has 0 bridgehead atoms. The molecule has 0 aliphatic carbocycles. The van der Waals surface area contributed by atoms with Crippen LogP contribution in [0.2, 0.25) is 0 Å². The second kappa shape index (κ2) is 10.9. The van der Waals surface area contributed by atoms with E-state index in [1.165, 1.54) is 37.5 Å². The Balaban J connectivity index is 1.62. The Labute approximate surface area is 212 Å². The van der Waals surface area contributed by atoms with Crippen molar-refractivity contribution >= 4 is 40.4 Å². The van der Waals surface area contributed by atoms with E-state index >= 15 is 0 Å². The maximum Gasteiger partial charge on any atom is 0.344 e. The van der Waals surface area contributed by atoms with Gasteiger partial charge < -0.3 is 19.9 Å². The molecule has 2 N–H and O–H groups in total. The van der Waals surface area contributed by atoms with E-state index in [0.29, 0.717) is 11.1 Å². The number of ether oxygens (including phenoxy) is 2. The van der Waals surface area contributed by atoms with Gasteiger partial charge in [0.2, 0.25) is 0 Å². The Morgan fingerprint density at radius 1 is 0.892 bits per heavy atom. The molecular formula is C29H20N2O6. The lowest BCUT2D eigenvalue weighted by atomic mass is 10.0. The van der Waals surface area contributed by atoms with E-state index in [4.69, 9.17) is 9.47 Å². The zero-order valence-corrected chi connectivity index (χ0v) is 19.6. The number of carbonyl (C=O) groups is 3. The fraction of sp³-hybridized carbons (Fsp3) is 0.0345. The van der Waals surface area contributed by atoms with Crippen molar-refractivity contribution in [1.82, 2.24) is 0 Å². The van der Waals surface area contributed by atoms with Crippen LogP contribution in [-0.2, 0) is 4.79 Å². The first-order valence-corrected chi connectivity index (χ1v) is 11.0. The molecule has 4 aromatic carbocycles. The molecule has 4 rings (SSSR count). The minimum absolute atomic E-state index is 0.0561. The van der Waals surface area contributed by atoms with Crippen molar-refractivity contribution in [3.8, 4) is 17.6 Å².